The van der Waals surface area contributed by atoms with Crippen LogP contribution in [0.1, 0.15) is 0 Å². The third-order valence-electron chi connectivity index (χ3n) is 8.71. The molecule has 0 spiro atoms. The van der Waals surface area contributed by atoms with Crippen LogP contribution in [-0.2, 0) is 0 Å². The third-order valence-corrected chi connectivity index (χ3v) is 8.71. The van der Waals surface area contributed by atoms with Gasteiger partial charge >= 0.3 is 0 Å². The van der Waals surface area contributed by atoms with Gasteiger partial charge in [-0.15, -0.1) is 0 Å². The predicted octanol–water partition coefficient (Wildman–Crippen LogP) is 12.0. The number of anilines is 3. The Hall–Kier alpha value is -6.33. The molecule has 5 heteroatoms. The Kier molecular flexibility index (Phi) is 6.28. The third kappa shape index (κ3) is 4.68. The fourth-order valence-corrected chi connectivity index (χ4v) is 6.50. The lowest BCUT2D eigenvalue weighted by Crippen LogP contribution is -2.10. The molecule has 4 nitrogen and oxygen atoms in total. The van der Waals surface area contributed by atoms with Crippen LogP contribution in [0.5, 0.6) is 23.0 Å². The molecule has 47 heavy (non-hydrogen) atoms. The summed E-state index contributed by atoms with van der Waals surface area (Å²) < 4.78 is 28.4. The Balaban J connectivity index is 1.21. The Morgan fingerprint density at radius 2 is 0.979 bits per heavy atom. The molecule has 0 saturated heterocycles. The maximum atomic E-state index is 13.6. The van der Waals surface area contributed by atoms with Gasteiger partial charge in [0.1, 0.15) is 5.82 Å². The van der Waals surface area contributed by atoms with Crippen molar-refractivity contribution in [3.05, 3.63) is 170 Å². The number of fused-ring (bicyclic) bond motifs is 5. The molecule has 8 aromatic rings. The highest BCUT2D eigenvalue weighted by molar-refractivity contribution is 6.10. The first-order valence-corrected chi connectivity index (χ1v) is 15.5. The van der Waals surface area contributed by atoms with Crippen molar-refractivity contribution < 1.29 is 13.9 Å². The number of ether oxygens (including phenoxy) is 2. The van der Waals surface area contributed by atoms with Gasteiger partial charge in [-0.05, 0) is 96.1 Å². The Morgan fingerprint density at radius 3 is 1.74 bits per heavy atom. The smallest absolute Gasteiger partial charge is 0.172 e. The monoisotopic (exact) mass is 610 g/mol. The summed E-state index contributed by atoms with van der Waals surface area (Å²) in [6.45, 7) is 0. The number of aromatic nitrogens is 1. The van der Waals surface area contributed by atoms with E-state index in [1.807, 2.05) is 42.5 Å². The average Bonchev–Trinajstić information content (AvgIpc) is 3.46. The normalized spacial score (nSPS) is 11.9. The minimum Gasteiger partial charge on any atom is -0.450 e. The first kappa shape index (κ1) is 27.0. The van der Waals surface area contributed by atoms with Crippen LogP contribution in [0.2, 0.25) is 0 Å². The number of hydrogen-bond donors (Lipinski definition) is 0. The lowest BCUT2D eigenvalue weighted by atomic mass is 10.0. The van der Waals surface area contributed by atoms with Crippen molar-refractivity contribution in [2.75, 3.05) is 4.90 Å². The van der Waals surface area contributed by atoms with E-state index in [-0.39, 0.29) is 5.82 Å². The molecule has 1 aliphatic rings. The lowest BCUT2D eigenvalue weighted by Gasteiger charge is -2.28. The summed E-state index contributed by atoms with van der Waals surface area (Å²) in [6.07, 6.45) is 0. The number of nitrogens with zero attached hydrogens (tertiary/aromatic N) is 2. The summed E-state index contributed by atoms with van der Waals surface area (Å²) in [5, 5.41) is 2.33. The first-order chi connectivity index (χ1) is 23.2. The molecule has 1 aliphatic heterocycles. The van der Waals surface area contributed by atoms with Crippen LogP contribution in [-0.4, -0.2) is 4.57 Å². The maximum Gasteiger partial charge on any atom is 0.172 e. The molecule has 0 unspecified atom stereocenters. The summed E-state index contributed by atoms with van der Waals surface area (Å²) in [5.74, 6) is 2.45. The summed E-state index contributed by atoms with van der Waals surface area (Å²) >= 11 is 0. The van der Waals surface area contributed by atoms with Crippen molar-refractivity contribution in [1.82, 2.24) is 4.57 Å². The van der Waals surface area contributed by atoms with E-state index in [0.717, 1.165) is 50.3 Å². The lowest BCUT2D eigenvalue weighted by molar-refractivity contribution is 0.360. The largest absolute Gasteiger partial charge is 0.450 e. The van der Waals surface area contributed by atoms with E-state index in [4.69, 9.17) is 9.47 Å². The Morgan fingerprint density at radius 1 is 0.426 bits per heavy atom. The quantitative estimate of drug-likeness (QED) is 0.194. The summed E-state index contributed by atoms with van der Waals surface area (Å²) in [4.78, 5) is 2.23. The van der Waals surface area contributed by atoms with E-state index in [1.54, 1.807) is 12.1 Å². The molecule has 1 aromatic heterocycles. The number of halogens is 1. The van der Waals surface area contributed by atoms with Gasteiger partial charge in [0, 0.05) is 33.9 Å². The molecule has 0 radical (unpaired) electrons. The summed E-state index contributed by atoms with van der Waals surface area (Å²) in [6, 6.07) is 54.3. The van der Waals surface area contributed by atoms with E-state index in [9.17, 15) is 4.39 Å². The second kappa shape index (κ2) is 10.9. The standard InChI is InChI=1S/C42H27FN2O2/c43-30-18-14-28(15-19-30)29-16-20-32(21-17-29)44(34-23-25-41-42(27-34)47-40-13-7-6-12-39(40)46-41)33-22-24-38-36(26-33)35-10-4-5-11-37(35)45(38)31-8-2-1-3-9-31/h1-27H. The van der Waals surface area contributed by atoms with Gasteiger partial charge in [0.15, 0.2) is 23.0 Å². The van der Waals surface area contributed by atoms with Gasteiger partial charge in [-0.1, -0.05) is 72.8 Å². The second-order valence-corrected chi connectivity index (χ2v) is 11.6. The number of rotatable bonds is 5. The molecule has 2 heterocycles. The van der Waals surface area contributed by atoms with Crippen LogP contribution in [0.25, 0.3) is 38.6 Å². The highest BCUT2D eigenvalue weighted by Gasteiger charge is 2.22. The summed E-state index contributed by atoms with van der Waals surface area (Å²) in [5.41, 5.74) is 8.26. The van der Waals surface area contributed by atoms with Crippen molar-refractivity contribution in [2.45, 2.75) is 0 Å². The van der Waals surface area contributed by atoms with Crippen LogP contribution >= 0.6 is 0 Å². The van der Waals surface area contributed by atoms with Crippen LogP contribution in [0.4, 0.5) is 21.5 Å². The van der Waals surface area contributed by atoms with Gasteiger partial charge in [-0.3, -0.25) is 0 Å². The predicted molar refractivity (Wildman–Crippen MR) is 187 cm³/mol. The summed E-state index contributed by atoms with van der Waals surface area (Å²) in [7, 11) is 0. The molecule has 9 rings (SSSR count). The first-order valence-electron chi connectivity index (χ1n) is 15.5. The van der Waals surface area contributed by atoms with Gasteiger partial charge in [0.25, 0.3) is 0 Å². The number of hydrogen-bond acceptors (Lipinski definition) is 3. The molecule has 0 aliphatic carbocycles. The Bertz CT molecular complexity index is 2420. The molecular weight excluding hydrogens is 583 g/mol. The topological polar surface area (TPSA) is 26.6 Å². The maximum absolute atomic E-state index is 13.6. The van der Waals surface area contributed by atoms with E-state index in [2.05, 4.69) is 107 Å². The zero-order chi connectivity index (χ0) is 31.3. The van der Waals surface area contributed by atoms with E-state index < -0.39 is 0 Å². The van der Waals surface area contributed by atoms with Crippen LogP contribution in [0, 0.1) is 5.82 Å². The average molecular weight is 611 g/mol. The van der Waals surface area contributed by atoms with Crippen molar-refractivity contribution >= 4 is 38.9 Å². The van der Waals surface area contributed by atoms with Gasteiger partial charge in [0.2, 0.25) is 0 Å². The SMILES string of the molecule is Fc1ccc(-c2ccc(N(c3ccc4c(c3)Oc3ccccc3O4)c3ccc4c(c3)c3ccccc3n4-c3ccccc3)cc2)cc1. The molecule has 0 atom stereocenters. The molecule has 0 amide bonds. The van der Waals surface area contributed by atoms with Crippen molar-refractivity contribution in [2.24, 2.45) is 0 Å². The Labute approximate surface area is 271 Å². The highest BCUT2D eigenvalue weighted by atomic mass is 19.1. The van der Waals surface area contributed by atoms with Gasteiger partial charge in [-0.2, -0.15) is 0 Å². The molecular formula is C42H27FN2O2. The second-order valence-electron chi connectivity index (χ2n) is 11.6. The van der Waals surface area contributed by atoms with Crippen LogP contribution in [0.3, 0.4) is 0 Å². The molecule has 0 saturated carbocycles. The van der Waals surface area contributed by atoms with Crippen LogP contribution in [0.15, 0.2) is 164 Å². The molecule has 0 bridgehead atoms. The molecule has 0 N–H and O–H groups in total. The van der Waals surface area contributed by atoms with E-state index in [1.165, 1.54) is 17.5 Å². The zero-order valence-corrected chi connectivity index (χ0v) is 25.2. The molecule has 7 aromatic carbocycles. The minimum atomic E-state index is -0.248. The van der Waals surface area contributed by atoms with Gasteiger partial charge < -0.3 is 18.9 Å². The molecule has 224 valence electrons. The van der Waals surface area contributed by atoms with Gasteiger partial charge in [-0.25, -0.2) is 4.39 Å². The van der Waals surface area contributed by atoms with Gasteiger partial charge in [0.05, 0.1) is 16.7 Å². The highest BCUT2D eigenvalue weighted by Crippen LogP contribution is 2.48. The van der Waals surface area contributed by atoms with Crippen LogP contribution < -0.4 is 14.4 Å². The molecule has 0 fully saturated rings. The number of para-hydroxylation sites is 4. The van der Waals surface area contributed by atoms with Crippen molar-refractivity contribution in [3.63, 3.8) is 0 Å². The van der Waals surface area contributed by atoms with E-state index in [0.29, 0.717) is 23.0 Å². The van der Waals surface area contributed by atoms with E-state index >= 15 is 0 Å². The fraction of sp³-hybridized carbons (Fsp3) is 0. The number of benzene rings is 7. The van der Waals surface area contributed by atoms with Crippen molar-refractivity contribution in [1.29, 1.82) is 0 Å². The zero-order valence-electron chi connectivity index (χ0n) is 25.2. The minimum absolute atomic E-state index is 0.248. The fourth-order valence-electron chi connectivity index (χ4n) is 6.50. The van der Waals surface area contributed by atoms with Crippen molar-refractivity contribution in [3.8, 4) is 39.8 Å².